The maximum Gasteiger partial charge on any atom is 0.0825 e. The molecule has 1 heterocycles. The van der Waals surface area contributed by atoms with Crippen molar-refractivity contribution < 1.29 is 0 Å². The van der Waals surface area contributed by atoms with Gasteiger partial charge in [-0.25, -0.2) is 0 Å². The molecular weight excluding hydrogens is 293 g/mol. The van der Waals surface area contributed by atoms with Crippen LogP contribution in [0.5, 0.6) is 0 Å². The highest BCUT2D eigenvalue weighted by molar-refractivity contribution is 6.43. The van der Waals surface area contributed by atoms with E-state index >= 15 is 0 Å². The highest BCUT2D eigenvalue weighted by Crippen LogP contribution is 2.32. The molecule has 1 saturated heterocycles. The fraction of sp³-hybridized carbons (Fsp3) is 0.467. The zero-order valence-electron chi connectivity index (χ0n) is 11.6. The van der Waals surface area contributed by atoms with Gasteiger partial charge in [-0.05, 0) is 31.3 Å². The van der Waals surface area contributed by atoms with E-state index in [9.17, 15) is 0 Å². The molecule has 1 aliphatic heterocycles. The third-order valence-corrected chi connectivity index (χ3v) is 4.39. The zero-order chi connectivity index (χ0) is 14.4. The van der Waals surface area contributed by atoms with Gasteiger partial charge in [0.1, 0.15) is 0 Å². The molecule has 1 aliphatic rings. The Hall–Kier alpha value is -0.900. The number of benzene rings is 1. The van der Waals surface area contributed by atoms with E-state index in [0.717, 1.165) is 51.4 Å². The number of hydrogen-bond acceptors (Lipinski definition) is 3. The van der Waals surface area contributed by atoms with Crippen molar-refractivity contribution in [2.24, 2.45) is 0 Å². The SMILES string of the molecule is C=CNCCCN1CCN(c2cccc(Cl)c2Cl)CC1. The normalized spacial score (nSPS) is 16.2. The summed E-state index contributed by atoms with van der Waals surface area (Å²) in [4.78, 5) is 4.80. The van der Waals surface area contributed by atoms with Crippen molar-refractivity contribution in [2.75, 3.05) is 44.2 Å². The molecule has 1 N–H and O–H groups in total. The van der Waals surface area contributed by atoms with Gasteiger partial charge in [0.25, 0.3) is 0 Å². The minimum absolute atomic E-state index is 0.627. The lowest BCUT2D eigenvalue weighted by molar-refractivity contribution is 0.255. The van der Waals surface area contributed by atoms with Crippen LogP contribution in [0.4, 0.5) is 5.69 Å². The van der Waals surface area contributed by atoms with Crippen LogP contribution in [0.25, 0.3) is 0 Å². The predicted molar refractivity (Wildman–Crippen MR) is 87.9 cm³/mol. The van der Waals surface area contributed by atoms with Crippen molar-refractivity contribution in [3.8, 4) is 0 Å². The van der Waals surface area contributed by atoms with E-state index < -0.39 is 0 Å². The quantitative estimate of drug-likeness (QED) is 0.813. The van der Waals surface area contributed by atoms with Crippen molar-refractivity contribution in [3.05, 3.63) is 41.0 Å². The van der Waals surface area contributed by atoms with Crippen molar-refractivity contribution in [1.82, 2.24) is 10.2 Å². The van der Waals surface area contributed by atoms with Crippen LogP contribution >= 0.6 is 23.2 Å². The molecule has 0 atom stereocenters. The van der Waals surface area contributed by atoms with Gasteiger partial charge in [-0.3, -0.25) is 4.90 Å². The molecule has 0 unspecified atom stereocenters. The van der Waals surface area contributed by atoms with Crippen LogP contribution in [-0.2, 0) is 0 Å². The lowest BCUT2D eigenvalue weighted by Gasteiger charge is -2.36. The lowest BCUT2D eigenvalue weighted by atomic mass is 10.2. The molecule has 0 saturated carbocycles. The summed E-state index contributed by atoms with van der Waals surface area (Å²) in [6.45, 7) is 9.88. The van der Waals surface area contributed by atoms with Crippen LogP contribution in [-0.4, -0.2) is 44.2 Å². The summed E-state index contributed by atoms with van der Waals surface area (Å²) in [6.07, 6.45) is 2.89. The van der Waals surface area contributed by atoms with Crippen molar-refractivity contribution in [3.63, 3.8) is 0 Å². The molecule has 0 aliphatic carbocycles. The van der Waals surface area contributed by atoms with Gasteiger partial charge in [0.2, 0.25) is 0 Å². The predicted octanol–water partition coefficient (Wildman–Crippen LogP) is 3.24. The molecule has 1 aromatic carbocycles. The number of rotatable bonds is 6. The Morgan fingerprint density at radius 1 is 1.20 bits per heavy atom. The van der Waals surface area contributed by atoms with Gasteiger partial charge in [-0.15, -0.1) is 0 Å². The molecule has 0 amide bonds. The second-order valence-corrected chi connectivity index (χ2v) is 5.70. The van der Waals surface area contributed by atoms with E-state index in [0.29, 0.717) is 10.0 Å². The minimum Gasteiger partial charge on any atom is -0.391 e. The molecule has 3 nitrogen and oxygen atoms in total. The van der Waals surface area contributed by atoms with Crippen LogP contribution in [0.2, 0.25) is 10.0 Å². The van der Waals surface area contributed by atoms with Crippen LogP contribution in [0.1, 0.15) is 6.42 Å². The summed E-state index contributed by atoms with van der Waals surface area (Å²) in [7, 11) is 0. The number of nitrogens with one attached hydrogen (secondary N) is 1. The summed E-state index contributed by atoms with van der Waals surface area (Å²) in [5.74, 6) is 0. The van der Waals surface area contributed by atoms with E-state index in [2.05, 4.69) is 21.7 Å². The van der Waals surface area contributed by atoms with Gasteiger partial charge in [0, 0.05) is 32.7 Å². The van der Waals surface area contributed by atoms with Gasteiger partial charge in [0.15, 0.2) is 0 Å². The largest absolute Gasteiger partial charge is 0.391 e. The molecular formula is C15H21Cl2N3. The number of hydrogen-bond donors (Lipinski definition) is 1. The molecule has 0 bridgehead atoms. The van der Waals surface area contributed by atoms with Crippen molar-refractivity contribution in [1.29, 1.82) is 0 Å². The van der Waals surface area contributed by atoms with Crippen LogP contribution < -0.4 is 10.2 Å². The van der Waals surface area contributed by atoms with Crippen molar-refractivity contribution >= 4 is 28.9 Å². The second-order valence-electron chi connectivity index (χ2n) is 4.91. The molecule has 0 spiro atoms. The maximum atomic E-state index is 6.28. The third-order valence-electron chi connectivity index (χ3n) is 3.58. The van der Waals surface area contributed by atoms with E-state index in [1.807, 2.05) is 18.2 Å². The standard InChI is InChI=1S/C15H21Cl2N3/c1-2-18-7-4-8-19-9-11-20(12-10-19)14-6-3-5-13(16)15(14)17/h2-3,5-6,18H,1,4,7-12H2. The maximum absolute atomic E-state index is 6.28. The Balaban J connectivity index is 1.82. The number of anilines is 1. The Labute approximate surface area is 131 Å². The first-order valence-electron chi connectivity index (χ1n) is 6.98. The molecule has 1 fully saturated rings. The topological polar surface area (TPSA) is 18.5 Å². The average Bonchev–Trinajstić information content (AvgIpc) is 2.47. The Morgan fingerprint density at radius 3 is 2.65 bits per heavy atom. The molecule has 0 aromatic heterocycles. The van der Waals surface area contributed by atoms with Gasteiger partial charge >= 0.3 is 0 Å². The monoisotopic (exact) mass is 313 g/mol. The fourth-order valence-corrected chi connectivity index (χ4v) is 2.87. The first-order chi connectivity index (χ1) is 9.72. The fourth-order valence-electron chi connectivity index (χ4n) is 2.46. The number of nitrogens with zero attached hydrogens (tertiary/aromatic N) is 2. The number of halogens is 2. The molecule has 1 aromatic rings. The Kier molecular flexibility index (Phi) is 6.02. The lowest BCUT2D eigenvalue weighted by Crippen LogP contribution is -2.47. The molecule has 5 heteroatoms. The first kappa shape index (κ1) is 15.5. The van der Waals surface area contributed by atoms with E-state index in [1.165, 1.54) is 0 Å². The van der Waals surface area contributed by atoms with E-state index in [-0.39, 0.29) is 0 Å². The summed E-state index contributed by atoms with van der Waals surface area (Å²) in [6, 6.07) is 5.82. The van der Waals surface area contributed by atoms with E-state index in [1.54, 1.807) is 6.20 Å². The average molecular weight is 314 g/mol. The summed E-state index contributed by atoms with van der Waals surface area (Å²) in [5, 5.41) is 4.42. The van der Waals surface area contributed by atoms with Gasteiger partial charge in [0.05, 0.1) is 15.7 Å². The number of piperazine rings is 1. The van der Waals surface area contributed by atoms with Gasteiger partial charge in [-0.2, -0.15) is 0 Å². The minimum atomic E-state index is 0.627. The summed E-state index contributed by atoms with van der Waals surface area (Å²) < 4.78 is 0. The zero-order valence-corrected chi connectivity index (χ0v) is 13.1. The highest BCUT2D eigenvalue weighted by Gasteiger charge is 2.19. The van der Waals surface area contributed by atoms with Crippen molar-refractivity contribution in [2.45, 2.75) is 6.42 Å². The second kappa shape index (κ2) is 7.77. The smallest absolute Gasteiger partial charge is 0.0825 e. The highest BCUT2D eigenvalue weighted by atomic mass is 35.5. The third kappa shape index (κ3) is 4.05. The molecule has 110 valence electrons. The summed E-state index contributed by atoms with van der Waals surface area (Å²) in [5.41, 5.74) is 1.05. The van der Waals surface area contributed by atoms with Gasteiger partial charge in [-0.1, -0.05) is 35.8 Å². The molecule has 0 radical (unpaired) electrons. The first-order valence-corrected chi connectivity index (χ1v) is 7.73. The van der Waals surface area contributed by atoms with Crippen LogP contribution in [0.15, 0.2) is 31.0 Å². The Bertz CT molecular complexity index is 443. The molecule has 2 rings (SSSR count). The molecule has 20 heavy (non-hydrogen) atoms. The Morgan fingerprint density at radius 2 is 1.95 bits per heavy atom. The van der Waals surface area contributed by atoms with Crippen LogP contribution in [0, 0.1) is 0 Å². The van der Waals surface area contributed by atoms with Gasteiger partial charge < -0.3 is 10.2 Å². The van der Waals surface area contributed by atoms with Crippen LogP contribution in [0.3, 0.4) is 0 Å². The summed E-state index contributed by atoms with van der Waals surface area (Å²) >= 11 is 12.4. The van der Waals surface area contributed by atoms with E-state index in [4.69, 9.17) is 23.2 Å².